The number of aromatic nitrogens is 1. The molecule has 76 valence electrons. The lowest BCUT2D eigenvalue weighted by molar-refractivity contribution is 0.0949. The van der Waals surface area contributed by atoms with Crippen LogP contribution in [0.1, 0.15) is 21.6 Å². The Bertz CT molecular complexity index is 414. The van der Waals surface area contributed by atoms with Crippen LogP contribution in [0.2, 0.25) is 0 Å². The van der Waals surface area contributed by atoms with Crippen molar-refractivity contribution in [3.05, 3.63) is 27.5 Å². The quantitative estimate of drug-likeness (QED) is 0.243. The summed E-state index contributed by atoms with van der Waals surface area (Å²) < 4.78 is 0.275. The number of aliphatic hydroxyl groups is 1. The molecule has 6 heteroatoms. The van der Waals surface area contributed by atoms with Gasteiger partial charge in [-0.3, -0.25) is 10.2 Å². The Morgan fingerprint density at radius 1 is 1.79 bits per heavy atom. The number of nitrogens with two attached hydrogens (primary N) is 1. The SMILES string of the molecule is Cc1cc(CO)c(C(=O)NN)c(=S)[nH]1. The Morgan fingerprint density at radius 2 is 2.43 bits per heavy atom. The van der Waals surface area contributed by atoms with Crippen molar-refractivity contribution < 1.29 is 9.90 Å². The van der Waals surface area contributed by atoms with Gasteiger partial charge in [-0.25, -0.2) is 5.84 Å². The summed E-state index contributed by atoms with van der Waals surface area (Å²) in [7, 11) is 0. The third kappa shape index (κ3) is 1.98. The molecule has 14 heavy (non-hydrogen) atoms. The van der Waals surface area contributed by atoms with E-state index in [0.717, 1.165) is 5.69 Å². The van der Waals surface area contributed by atoms with Crippen LogP contribution in [0.3, 0.4) is 0 Å². The lowest BCUT2D eigenvalue weighted by Crippen LogP contribution is -2.31. The lowest BCUT2D eigenvalue weighted by Gasteiger charge is -2.07. The van der Waals surface area contributed by atoms with E-state index in [1.807, 2.05) is 5.43 Å². The van der Waals surface area contributed by atoms with E-state index in [-0.39, 0.29) is 16.8 Å². The van der Waals surface area contributed by atoms with Gasteiger partial charge in [0.15, 0.2) is 0 Å². The molecule has 0 saturated carbocycles. The van der Waals surface area contributed by atoms with Crippen LogP contribution in [0.4, 0.5) is 0 Å². The minimum atomic E-state index is -0.504. The van der Waals surface area contributed by atoms with Crippen LogP contribution in [-0.2, 0) is 6.61 Å². The van der Waals surface area contributed by atoms with Crippen LogP contribution in [0, 0.1) is 11.6 Å². The first-order chi connectivity index (χ1) is 6.60. The van der Waals surface area contributed by atoms with Gasteiger partial charge in [0.05, 0.1) is 12.2 Å². The van der Waals surface area contributed by atoms with E-state index in [2.05, 4.69) is 4.98 Å². The number of H-pyrrole nitrogens is 1. The number of hydrogen-bond donors (Lipinski definition) is 4. The summed E-state index contributed by atoms with van der Waals surface area (Å²) in [6.45, 7) is 1.54. The second-order valence-corrected chi connectivity index (χ2v) is 3.22. The van der Waals surface area contributed by atoms with Gasteiger partial charge < -0.3 is 10.1 Å². The van der Waals surface area contributed by atoms with Crippen LogP contribution in [0.15, 0.2) is 6.07 Å². The first-order valence-corrected chi connectivity index (χ1v) is 4.35. The Hall–Kier alpha value is -1.24. The molecule has 1 heterocycles. The van der Waals surface area contributed by atoms with Crippen molar-refractivity contribution >= 4 is 18.1 Å². The third-order valence-electron chi connectivity index (χ3n) is 1.78. The molecule has 1 aromatic heterocycles. The van der Waals surface area contributed by atoms with Gasteiger partial charge in [-0.05, 0) is 18.6 Å². The number of pyridine rings is 1. The monoisotopic (exact) mass is 213 g/mol. The molecule has 0 aliphatic rings. The number of hydrogen-bond acceptors (Lipinski definition) is 4. The average Bonchev–Trinajstić information content (AvgIpc) is 2.15. The predicted molar refractivity (Wildman–Crippen MR) is 53.9 cm³/mol. The summed E-state index contributed by atoms with van der Waals surface area (Å²) in [5.41, 5.74) is 3.45. The van der Waals surface area contributed by atoms with E-state index < -0.39 is 5.91 Å². The average molecular weight is 213 g/mol. The van der Waals surface area contributed by atoms with Gasteiger partial charge in [0.25, 0.3) is 5.91 Å². The second-order valence-electron chi connectivity index (χ2n) is 2.81. The number of rotatable bonds is 2. The molecule has 0 spiro atoms. The fourth-order valence-corrected chi connectivity index (χ4v) is 1.59. The zero-order valence-electron chi connectivity index (χ0n) is 7.63. The summed E-state index contributed by atoms with van der Waals surface area (Å²) in [4.78, 5) is 14.1. The standard InChI is InChI=1S/C8H11N3O2S/c1-4-2-5(3-12)6(7(13)11-9)8(14)10-4/h2,12H,3,9H2,1H3,(H,10,14)(H,11,13). The molecule has 0 bridgehead atoms. The number of carbonyl (C=O) groups excluding carboxylic acids is 1. The summed E-state index contributed by atoms with van der Waals surface area (Å²) in [5.74, 6) is 4.49. The van der Waals surface area contributed by atoms with Crippen molar-refractivity contribution in [2.75, 3.05) is 0 Å². The topological polar surface area (TPSA) is 91.1 Å². The van der Waals surface area contributed by atoms with Gasteiger partial charge >= 0.3 is 0 Å². The highest BCUT2D eigenvalue weighted by atomic mass is 32.1. The van der Waals surface area contributed by atoms with Crippen molar-refractivity contribution in [2.45, 2.75) is 13.5 Å². The van der Waals surface area contributed by atoms with Gasteiger partial charge in [-0.2, -0.15) is 0 Å². The van der Waals surface area contributed by atoms with Crippen molar-refractivity contribution in [1.82, 2.24) is 10.4 Å². The van der Waals surface area contributed by atoms with Gasteiger partial charge in [-0.15, -0.1) is 0 Å². The van der Waals surface area contributed by atoms with E-state index in [4.69, 9.17) is 23.2 Å². The number of aryl methyl sites for hydroxylation is 1. The molecule has 0 aliphatic carbocycles. The molecular formula is C8H11N3O2S. The molecule has 0 atom stereocenters. The minimum Gasteiger partial charge on any atom is -0.392 e. The van der Waals surface area contributed by atoms with Gasteiger partial charge in [0.1, 0.15) is 4.64 Å². The number of hydrazine groups is 1. The van der Waals surface area contributed by atoms with Crippen LogP contribution < -0.4 is 11.3 Å². The smallest absolute Gasteiger partial charge is 0.268 e. The molecule has 0 fully saturated rings. The van der Waals surface area contributed by atoms with Crippen LogP contribution in [-0.4, -0.2) is 16.0 Å². The number of nitrogens with one attached hydrogen (secondary N) is 2. The maximum Gasteiger partial charge on any atom is 0.268 e. The van der Waals surface area contributed by atoms with E-state index in [0.29, 0.717) is 5.56 Å². The van der Waals surface area contributed by atoms with E-state index in [1.165, 1.54) is 0 Å². The van der Waals surface area contributed by atoms with Gasteiger partial charge in [0.2, 0.25) is 0 Å². The highest BCUT2D eigenvalue weighted by molar-refractivity contribution is 7.71. The van der Waals surface area contributed by atoms with Crippen molar-refractivity contribution in [2.24, 2.45) is 5.84 Å². The van der Waals surface area contributed by atoms with Crippen LogP contribution in [0.25, 0.3) is 0 Å². The second kappa shape index (κ2) is 4.32. The summed E-state index contributed by atoms with van der Waals surface area (Å²) in [6.07, 6.45) is 0. The van der Waals surface area contributed by atoms with Crippen molar-refractivity contribution in [3.8, 4) is 0 Å². The molecule has 5 nitrogen and oxygen atoms in total. The third-order valence-corrected chi connectivity index (χ3v) is 2.08. The van der Waals surface area contributed by atoms with Crippen LogP contribution in [0.5, 0.6) is 0 Å². The first kappa shape index (κ1) is 10.8. The number of nitrogen functional groups attached to an aromatic ring is 1. The fraction of sp³-hybridized carbons (Fsp3) is 0.250. The van der Waals surface area contributed by atoms with Gasteiger partial charge in [-0.1, -0.05) is 12.2 Å². The van der Waals surface area contributed by atoms with Crippen molar-refractivity contribution in [3.63, 3.8) is 0 Å². The zero-order chi connectivity index (χ0) is 10.7. The number of aliphatic hydroxyl groups excluding tert-OH is 1. The molecule has 5 N–H and O–H groups in total. The summed E-state index contributed by atoms with van der Waals surface area (Å²) in [6, 6.07) is 1.65. The summed E-state index contributed by atoms with van der Waals surface area (Å²) >= 11 is 4.95. The largest absolute Gasteiger partial charge is 0.392 e. The van der Waals surface area contributed by atoms with Crippen molar-refractivity contribution in [1.29, 1.82) is 0 Å². The predicted octanol–water partition coefficient (Wildman–Crippen LogP) is 0.148. The molecule has 1 rings (SSSR count). The normalized spacial score (nSPS) is 9.93. The fourth-order valence-electron chi connectivity index (χ4n) is 1.20. The highest BCUT2D eigenvalue weighted by Gasteiger charge is 2.12. The molecular weight excluding hydrogens is 202 g/mol. The molecule has 1 aromatic rings. The van der Waals surface area contributed by atoms with E-state index in [1.54, 1.807) is 13.0 Å². The Kier molecular flexibility index (Phi) is 3.34. The maximum absolute atomic E-state index is 11.3. The Labute approximate surface area is 85.9 Å². The molecule has 0 aromatic carbocycles. The molecule has 0 aliphatic heterocycles. The lowest BCUT2D eigenvalue weighted by atomic mass is 10.1. The Balaban J connectivity index is 3.40. The maximum atomic E-state index is 11.3. The number of aromatic amines is 1. The van der Waals surface area contributed by atoms with E-state index in [9.17, 15) is 4.79 Å². The zero-order valence-corrected chi connectivity index (χ0v) is 8.44. The molecule has 1 amide bonds. The minimum absolute atomic E-state index is 0.218. The van der Waals surface area contributed by atoms with Crippen LogP contribution >= 0.6 is 12.2 Å². The number of carbonyl (C=O) groups is 1. The first-order valence-electron chi connectivity index (χ1n) is 3.94. The number of amides is 1. The molecule has 0 saturated heterocycles. The van der Waals surface area contributed by atoms with Gasteiger partial charge in [0, 0.05) is 5.69 Å². The summed E-state index contributed by atoms with van der Waals surface area (Å²) in [5, 5.41) is 9.03. The Morgan fingerprint density at radius 3 is 2.93 bits per heavy atom. The molecule has 0 radical (unpaired) electrons. The highest BCUT2D eigenvalue weighted by Crippen LogP contribution is 2.11. The van der Waals surface area contributed by atoms with E-state index >= 15 is 0 Å². The molecule has 0 unspecified atom stereocenters.